The van der Waals surface area contributed by atoms with Gasteiger partial charge in [0, 0.05) is 36.4 Å². The summed E-state index contributed by atoms with van der Waals surface area (Å²) in [7, 11) is 6.00. The predicted molar refractivity (Wildman–Crippen MR) is 104 cm³/mol. The van der Waals surface area contributed by atoms with E-state index in [0.717, 1.165) is 0 Å². The van der Waals surface area contributed by atoms with Crippen LogP contribution in [-0.4, -0.2) is 12.1 Å². The number of aromatic nitrogens is 3. The van der Waals surface area contributed by atoms with Crippen molar-refractivity contribution < 1.29 is 45.7 Å². The third-order valence-corrected chi connectivity index (χ3v) is 2.59. The van der Waals surface area contributed by atoms with E-state index < -0.39 is 6.16 Å². The van der Waals surface area contributed by atoms with Gasteiger partial charge in [0.1, 0.15) is 21.1 Å². The van der Waals surface area contributed by atoms with Crippen molar-refractivity contribution in [2.75, 3.05) is 0 Å². The third-order valence-electron chi connectivity index (χ3n) is 2.59. The summed E-state index contributed by atoms with van der Waals surface area (Å²) in [6.45, 7) is 0. The molecule has 3 aromatic rings. The highest BCUT2D eigenvalue weighted by Crippen LogP contribution is 1.72. The van der Waals surface area contributed by atoms with Crippen LogP contribution in [0.15, 0.2) is 91.8 Å². The molecule has 0 bridgehead atoms. The van der Waals surface area contributed by atoms with Gasteiger partial charge in [0.05, 0.1) is 0 Å². The normalized spacial score (nSPS) is 7.70. The number of aryl methyl sites for hydroxylation is 3. The molecule has 30 heavy (non-hydrogen) atoms. The summed E-state index contributed by atoms with van der Waals surface area (Å²) in [4.78, 5) is 8.33. The van der Waals surface area contributed by atoms with Crippen LogP contribution in [0.2, 0.25) is 0 Å². The summed E-state index contributed by atoms with van der Waals surface area (Å²) >= 11 is 0. The highest BCUT2D eigenvalue weighted by Gasteiger charge is 1.79. The number of guanidine groups is 1. The van der Waals surface area contributed by atoms with Crippen LogP contribution in [0.1, 0.15) is 0 Å². The molecule has 3 aromatic heterocycles. The second kappa shape index (κ2) is 21.8. The lowest BCUT2D eigenvalue weighted by Gasteiger charge is -1.96. The van der Waals surface area contributed by atoms with Gasteiger partial charge in [0.25, 0.3) is 0 Å². The number of nitrogens with zero attached hydrogens (tertiary/aromatic N) is 3. The van der Waals surface area contributed by atoms with Gasteiger partial charge >= 0.3 is 0 Å². The number of carbonyl (C=O) groups is 1. The van der Waals surface area contributed by atoms with Crippen LogP contribution in [-0.2, 0) is 21.1 Å². The molecule has 0 aromatic carbocycles. The van der Waals surface area contributed by atoms with Gasteiger partial charge in [-0.3, -0.25) is 5.41 Å². The standard InChI is InChI=1S/3C6H8N.CH5N3.CH2O3.BrH/c3*1-7-5-3-2-4-6-7;2*2-1(3)4;/h3*2-6H,1H3;(H5,2,3,4);(H2,2,3,4);1H/q3*+1;;;/p-3. The van der Waals surface area contributed by atoms with Crippen molar-refractivity contribution in [3.63, 3.8) is 0 Å². The molecule has 9 nitrogen and oxygen atoms in total. The summed E-state index contributed by atoms with van der Waals surface area (Å²) in [6, 6.07) is 18.0. The van der Waals surface area contributed by atoms with Crippen LogP contribution in [0.4, 0.5) is 4.79 Å². The number of nitrogens with one attached hydrogen (secondary N) is 1. The second-order valence-electron chi connectivity index (χ2n) is 5.33. The lowest BCUT2D eigenvalue weighted by Crippen LogP contribution is -3.00. The van der Waals surface area contributed by atoms with Gasteiger partial charge in [0.2, 0.25) is 0 Å². The molecular weight excluding hydrogens is 452 g/mol. The molecule has 0 radical (unpaired) electrons. The number of hydrogen-bond acceptors (Lipinski definition) is 4. The maximum Gasteiger partial charge on any atom is 0.183 e. The fourth-order valence-electron chi connectivity index (χ4n) is 1.45. The average molecular weight is 481 g/mol. The van der Waals surface area contributed by atoms with Gasteiger partial charge in [-0.15, -0.1) is 0 Å². The SMILES string of the molecule is C[n+]1ccccc1.C[n+]1ccccc1.C[n+]1ccccc1.N=C(N)N.O=C([O-])[O-].[Br-]. The van der Waals surface area contributed by atoms with Crippen molar-refractivity contribution in [1.82, 2.24) is 0 Å². The maximum atomic E-state index is 8.33. The van der Waals surface area contributed by atoms with E-state index in [1.807, 2.05) is 127 Å². The Bertz CT molecular complexity index is 669. The zero-order valence-electron chi connectivity index (χ0n) is 17.3. The molecule has 0 amide bonds. The average Bonchev–Trinajstić information content (AvgIpc) is 2.64. The molecule has 0 saturated carbocycles. The van der Waals surface area contributed by atoms with Crippen LogP contribution >= 0.6 is 0 Å². The molecule has 0 saturated heterocycles. The molecule has 0 spiro atoms. The van der Waals surface area contributed by atoms with E-state index in [-0.39, 0.29) is 22.9 Å². The minimum absolute atomic E-state index is 0. The first-order valence-electron chi connectivity index (χ1n) is 8.33. The number of pyridine rings is 3. The van der Waals surface area contributed by atoms with Crippen LogP contribution in [0, 0.1) is 5.41 Å². The van der Waals surface area contributed by atoms with Crippen molar-refractivity contribution in [2.24, 2.45) is 32.6 Å². The second-order valence-corrected chi connectivity index (χ2v) is 5.33. The topological polar surface area (TPSA) is 151 Å². The molecule has 3 rings (SSSR count). The van der Waals surface area contributed by atoms with Gasteiger partial charge in [-0.05, 0) is 6.16 Å². The van der Waals surface area contributed by atoms with Gasteiger partial charge in [-0.25, -0.2) is 13.7 Å². The van der Waals surface area contributed by atoms with Crippen LogP contribution < -0.4 is 52.4 Å². The first kappa shape index (κ1) is 31.2. The van der Waals surface area contributed by atoms with Crippen molar-refractivity contribution >= 4 is 12.1 Å². The van der Waals surface area contributed by atoms with Crippen LogP contribution in [0.25, 0.3) is 0 Å². The molecule has 3 heterocycles. The minimum atomic E-state index is -2.33. The van der Waals surface area contributed by atoms with E-state index >= 15 is 0 Å². The maximum absolute atomic E-state index is 8.33. The molecule has 0 atom stereocenters. The Morgan fingerprint density at radius 2 is 0.767 bits per heavy atom. The fraction of sp³-hybridized carbons (Fsp3) is 0.150. The van der Waals surface area contributed by atoms with Crippen molar-refractivity contribution in [2.45, 2.75) is 0 Å². The summed E-state index contributed by atoms with van der Waals surface area (Å²) in [5, 5.41) is 22.7. The smallest absolute Gasteiger partial charge is 0.183 e. The van der Waals surface area contributed by atoms with Crippen molar-refractivity contribution in [3.8, 4) is 0 Å². The lowest BCUT2D eigenvalue weighted by atomic mass is 10.5. The largest absolute Gasteiger partial charge is 1.00 e. The van der Waals surface area contributed by atoms with E-state index in [1.165, 1.54) is 0 Å². The predicted octanol–water partition coefficient (Wildman–Crippen LogP) is -5.07. The first-order valence-corrected chi connectivity index (χ1v) is 8.33. The first-order chi connectivity index (χ1) is 13.6. The number of halogens is 1. The van der Waals surface area contributed by atoms with Crippen LogP contribution in [0.5, 0.6) is 0 Å². The van der Waals surface area contributed by atoms with Gasteiger partial charge in [-0.2, -0.15) is 0 Å². The summed E-state index contributed by atoms with van der Waals surface area (Å²) in [6.07, 6.45) is 9.67. The molecule has 0 fully saturated rings. The Morgan fingerprint density at radius 3 is 0.833 bits per heavy atom. The van der Waals surface area contributed by atoms with Crippen molar-refractivity contribution in [3.05, 3.63) is 91.8 Å². The number of carboxylic acid groups (broad SMARTS) is 2. The van der Waals surface area contributed by atoms with Gasteiger partial charge in [-0.1, -0.05) is 18.2 Å². The van der Waals surface area contributed by atoms with E-state index in [4.69, 9.17) is 20.4 Å². The molecule has 0 aliphatic heterocycles. The Balaban J connectivity index is -0.000000309. The fourth-order valence-corrected chi connectivity index (χ4v) is 1.45. The molecule has 10 heteroatoms. The third kappa shape index (κ3) is 32.2. The highest BCUT2D eigenvalue weighted by atomic mass is 79.9. The molecule has 0 aliphatic rings. The van der Waals surface area contributed by atoms with Crippen LogP contribution in [0.3, 0.4) is 0 Å². The minimum Gasteiger partial charge on any atom is -1.00 e. The zero-order chi connectivity index (χ0) is 22.5. The molecule has 5 N–H and O–H groups in total. The molecular formula is C20H29BrN6O3. The Kier molecular flexibility index (Phi) is 22.6. The van der Waals surface area contributed by atoms with Crippen molar-refractivity contribution in [1.29, 1.82) is 5.41 Å². The van der Waals surface area contributed by atoms with E-state index in [9.17, 15) is 0 Å². The Labute approximate surface area is 187 Å². The lowest BCUT2D eigenvalue weighted by molar-refractivity contribution is -0.671. The van der Waals surface area contributed by atoms with Gasteiger partial charge in [0.15, 0.2) is 43.1 Å². The molecule has 164 valence electrons. The van der Waals surface area contributed by atoms with E-state index in [0.29, 0.717) is 0 Å². The Morgan fingerprint density at radius 1 is 0.633 bits per heavy atom. The highest BCUT2D eigenvalue weighted by molar-refractivity contribution is 5.71. The number of carbonyl (C=O) groups excluding carboxylic acids is 1. The molecule has 0 aliphatic carbocycles. The number of nitrogens with two attached hydrogens (primary N) is 2. The summed E-state index contributed by atoms with van der Waals surface area (Å²) < 4.78 is 6.00. The van der Waals surface area contributed by atoms with E-state index in [1.54, 1.807) is 0 Å². The Hall–Kier alpha value is -3.53. The zero-order valence-corrected chi connectivity index (χ0v) is 18.8. The van der Waals surface area contributed by atoms with Gasteiger partial charge < -0.3 is 43.5 Å². The summed E-state index contributed by atoms with van der Waals surface area (Å²) in [5.41, 5.74) is 8.94. The number of hydrogen-bond donors (Lipinski definition) is 3. The van der Waals surface area contributed by atoms with E-state index in [2.05, 4.69) is 11.5 Å². The number of rotatable bonds is 0. The summed E-state index contributed by atoms with van der Waals surface area (Å²) in [5.74, 6) is -0.333. The quantitative estimate of drug-likeness (QED) is 0.167. The monoisotopic (exact) mass is 480 g/mol. The molecule has 0 unspecified atom stereocenters.